The molecule has 0 atom stereocenters. The predicted molar refractivity (Wildman–Crippen MR) is 74.7 cm³/mol. The van der Waals surface area contributed by atoms with Crippen LogP contribution in [-0.2, 0) is 9.53 Å². The van der Waals surface area contributed by atoms with Crippen LogP contribution in [0.15, 0.2) is 29.3 Å². The van der Waals surface area contributed by atoms with Crippen LogP contribution in [0.1, 0.15) is 6.42 Å². The zero-order chi connectivity index (χ0) is 13.7. The third-order valence-electron chi connectivity index (χ3n) is 2.47. The molecule has 0 spiro atoms. The number of hydrazine groups is 1. The lowest BCUT2D eigenvalue weighted by molar-refractivity contribution is -0.140. The monoisotopic (exact) mass is 278 g/mol. The van der Waals surface area contributed by atoms with Gasteiger partial charge in [-0.15, -0.1) is 11.8 Å². The van der Waals surface area contributed by atoms with E-state index in [1.807, 2.05) is 24.3 Å². The normalized spacial score (nSPS) is 10.4. The number of nitrogen functional groups attached to an aromatic ring is 1. The number of thioether (sulfide) groups is 1. The number of nitrogens with zero attached hydrogens (tertiary/aromatic N) is 2. The molecule has 19 heavy (non-hydrogen) atoms. The highest BCUT2D eigenvalue weighted by molar-refractivity contribution is 7.99. The number of carbonyl (C=O) groups excluding carboxylic acids is 1. The summed E-state index contributed by atoms with van der Waals surface area (Å²) in [6.45, 7) is 0. The van der Waals surface area contributed by atoms with Crippen LogP contribution in [0.25, 0.3) is 10.9 Å². The van der Waals surface area contributed by atoms with Gasteiger partial charge in [0, 0.05) is 11.1 Å². The number of nitrogens with two attached hydrogens (primary N) is 1. The summed E-state index contributed by atoms with van der Waals surface area (Å²) < 4.78 is 4.60. The molecule has 2 rings (SSSR count). The van der Waals surface area contributed by atoms with Crippen LogP contribution >= 0.6 is 11.8 Å². The van der Waals surface area contributed by atoms with E-state index in [1.165, 1.54) is 18.9 Å². The Balaban J connectivity index is 2.23. The fourth-order valence-corrected chi connectivity index (χ4v) is 2.50. The molecule has 100 valence electrons. The molecule has 0 fully saturated rings. The van der Waals surface area contributed by atoms with Gasteiger partial charge in [-0.1, -0.05) is 18.2 Å². The van der Waals surface area contributed by atoms with Gasteiger partial charge in [-0.05, 0) is 6.07 Å². The van der Waals surface area contributed by atoms with Gasteiger partial charge in [-0.25, -0.2) is 15.8 Å². The molecule has 0 aliphatic rings. The maximum Gasteiger partial charge on any atom is 0.306 e. The van der Waals surface area contributed by atoms with Crippen molar-refractivity contribution in [1.29, 1.82) is 0 Å². The summed E-state index contributed by atoms with van der Waals surface area (Å²) in [5, 5.41) is 1.74. The van der Waals surface area contributed by atoms with Gasteiger partial charge in [0.25, 0.3) is 0 Å². The van der Waals surface area contributed by atoms with E-state index >= 15 is 0 Å². The molecular weight excluding hydrogens is 264 g/mol. The molecule has 0 saturated heterocycles. The number of methoxy groups -OCH3 is 1. The number of hydrogen-bond acceptors (Lipinski definition) is 7. The SMILES string of the molecule is COC(=O)CCSc1nc(NN)nc2ccccc12. The smallest absolute Gasteiger partial charge is 0.306 e. The predicted octanol–water partition coefficient (Wildman–Crippen LogP) is 1.57. The summed E-state index contributed by atoms with van der Waals surface area (Å²) in [6, 6.07) is 7.66. The number of carbonyl (C=O) groups is 1. The Morgan fingerprint density at radius 3 is 2.95 bits per heavy atom. The van der Waals surface area contributed by atoms with Crippen LogP contribution in [0.5, 0.6) is 0 Å². The largest absolute Gasteiger partial charge is 0.469 e. The number of hydrogen-bond donors (Lipinski definition) is 2. The summed E-state index contributed by atoms with van der Waals surface area (Å²) in [4.78, 5) is 19.7. The van der Waals surface area contributed by atoms with Gasteiger partial charge in [-0.2, -0.15) is 0 Å². The van der Waals surface area contributed by atoms with E-state index in [1.54, 1.807) is 0 Å². The minimum absolute atomic E-state index is 0.233. The van der Waals surface area contributed by atoms with E-state index in [9.17, 15) is 4.79 Å². The molecule has 0 radical (unpaired) electrons. The van der Waals surface area contributed by atoms with Crippen molar-refractivity contribution in [3.63, 3.8) is 0 Å². The van der Waals surface area contributed by atoms with E-state index in [4.69, 9.17) is 5.84 Å². The first-order chi connectivity index (χ1) is 9.24. The molecule has 0 aliphatic heterocycles. The number of para-hydroxylation sites is 1. The molecule has 1 heterocycles. The molecule has 2 aromatic rings. The van der Waals surface area contributed by atoms with Gasteiger partial charge in [0.2, 0.25) is 5.95 Å². The van der Waals surface area contributed by atoms with E-state index < -0.39 is 0 Å². The summed E-state index contributed by atoms with van der Waals surface area (Å²) in [6.07, 6.45) is 0.338. The molecule has 0 unspecified atom stereocenters. The van der Waals surface area contributed by atoms with Crippen LogP contribution in [0.4, 0.5) is 5.95 Å². The van der Waals surface area contributed by atoms with Gasteiger partial charge in [0.1, 0.15) is 5.03 Å². The molecule has 0 amide bonds. The second kappa shape index (κ2) is 6.35. The van der Waals surface area contributed by atoms with Crippen LogP contribution < -0.4 is 11.3 Å². The molecule has 1 aromatic carbocycles. The van der Waals surface area contributed by atoms with Crippen LogP contribution in [0.2, 0.25) is 0 Å². The highest BCUT2D eigenvalue weighted by atomic mass is 32.2. The fraction of sp³-hybridized carbons (Fsp3) is 0.250. The highest BCUT2D eigenvalue weighted by Gasteiger charge is 2.08. The Kier molecular flexibility index (Phi) is 4.53. The standard InChI is InChI=1S/C12H14N4O2S/c1-18-10(17)6-7-19-11-8-4-2-3-5-9(8)14-12(15-11)16-13/h2-5H,6-7,13H2,1H3,(H,14,15,16). The lowest BCUT2D eigenvalue weighted by Gasteiger charge is -2.07. The van der Waals surface area contributed by atoms with Gasteiger partial charge in [0.05, 0.1) is 19.0 Å². The Morgan fingerprint density at radius 2 is 2.21 bits per heavy atom. The number of ether oxygens (including phenoxy) is 1. The Labute approximate surface area is 114 Å². The second-order valence-electron chi connectivity index (χ2n) is 3.69. The van der Waals surface area contributed by atoms with Crippen molar-refractivity contribution in [2.45, 2.75) is 11.4 Å². The maximum absolute atomic E-state index is 11.1. The number of esters is 1. The Bertz CT molecular complexity index is 591. The quantitative estimate of drug-likeness (QED) is 0.282. The summed E-state index contributed by atoms with van der Waals surface area (Å²) >= 11 is 1.48. The van der Waals surface area contributed by atoms with Gasteiger partial charge in [0.15, 0.2) is 0 Å². The highest BCUT2D eigenvalue weighted by Crippen LogP contribution is 2.26. The molecule has 1 aromatic heterocycles. The van der Waals surface area contributed by atoms with Crippen LogP contribution in [0.3, 0.4) is 0 Å². The number of nitrogens with one attached hydrogen (secondary N) is 1. The Hall–Kier alpha value is -1.86. The first-order valence-electron chi connectivity index (χ1n) is 5.67. The number of aromatic nitrogens is 2. The summed E-state index contributed by atoms with van der Waals surface area (Å²) in [7, 11) is 1.38. The molecule has 0 saturated carbocycles. The van der Waals surface area contributed by atoms with Crippen molar-refractivity contribution in [3.05, 3.63) is 24.3 Å². The van der Waals surface area contributed by atoms with Crippen molar-refractivity contribution in [1.82, 2.24) is 9.97 Å². The van der Waals surface area contributed by atoms with Crippen molar-refractivity contribution >= 4 is 34.6 Å². The zero-order valence-corrected chi connectivity index (χ0v) is 11.2. The summed E-state index contributed by atoms with van der Waals surface area (Å²) in [5.74, 6) is 6.07. The first kappa shape index (κ1) is 13.6. The van der Waals surface area contributed by atoms with E-state index in [0.29, 0.717) is 18.1 Å². The van der Waals surface area contributed by atoms with E-state index in [0.717, 1.165) is 15.9 Å². The van der Waals surface area contributed by atoms with Crippen molar-refractivity contribution in [2.75, 3.05) is 18.3 Å². The van der Waals surface area contributed by atoms with E-state index in [-0.39, 0.29) is 5.97 Å². The minimum atomic E-state index is -0.233. The van der Waals surface area contributed by atoms with Gasteiger partial charge < -0.3 is 4.74 Å². The molecule has 3 N–H and O–H groups in total. The van der Waals surface area contributed by atoms with Gasteiger partial charge in [-0.3, -0.25) is 10.2 Å². The van der Waals surface area contributed by atoms with Crippen molar-refractivity contribution in [2.24, 2.45) is 5.84 Å². The fourth-order valence-electron chi connectivity index (χ4n) is 1.56. The number of rotatable bonds is 5. The Morgan fingerprint density at radius 1 is 1.42 bits per heavy atom. The first-order valence-corrected chi connectivity index (χ1v) is 6.66. The molecule has 7 heteroatoms. The van der Waals surface area contributed by atoms with Gasteiger partial charge >= 0.3 is 5.97 Å². The number of benzene rings is 1. The van der Waals surface area contributed by atoms with Crippen LogP contribution in [-0.4, -0.2) is 28.8 Å². The summed E-state index contributed by atoms with van der Waals surface area (Å²) in [5.41, 5.74) is 3.25. The third-order valence-corrected chi connectivity index (χ3v) is 3.46. The molecule has 0 bridgehead atoms. The third kappa shape index (κ3) is 3.33. The van der Waals surface area contributed by atoms with Crippen molar-refractivity contribution < 1.29 is 9.53 Å². The molecular formula is C12H14N4O2S. The van der Waals surface area contributed by atoms with E-state index in [2.05, 4.69) is 20.1 Å². The minimum Gasteiger partial charge on any atom is -0.469 e. The maximum atomic E-state index is 11.1. The lowest BCUT2D eigenvalue weighted by Crippen LogP contribution is -2.11. The average molecular weight is 278 g/mol. The molecule has 6 nitrogen and oxygen atoms in total. The van der Waals surface area contributed by atoms with Crippen molar-refractivity contribution in [3.8, 4) is 0 Å². The zero-order valence-electron chi connectivity index (χ0n) is 10.4. The lowest BCUT2D eigenvalue weighted by atomic mass is 10.2. The topological polar surface area (TPSA) is 90.1 Å². The molecule has 0 aliphatic carbocycles. The number of anilines is 1. The average Bonchev–Trinajstić information content (AvgIpc) is 2.46. The van der Waals surface area contributed by atoms with Crippen LogP contribution in [0, 0.1) is 0 Å². The second-order valence-corrected chi connectivity index (χ2v) is 4.77. The number of fused-ring (bicyclic) bond motifs is 1.